The Kier molecular flexibility index (Phi) is 8.30. The molecular formula is C28H20F3N3O4S. The van der Waals surface area contributed by atoms with Crippen molar-refractivity contribution in [3.05, 3.63) is 130 Å². The number of nitrogens with one attached hydrogen (secondary N) is 2. The number of thioether (sulfide) groups is 1. The Balaban J connectivity index is 1.50. The third kappa shape index (κ3) is 7.02. The van der Waals surface area contributed by atoms with Gasteiger partial charge in [0.1, 0.15) is 5.25 Å². The molecule has 0 saturated carbocycles. The molecule has 0 fully saturated rings. The number of non-ortho nitro benzene ring substituents is 1. The molecule has 2 amide bonds. The molecule has 7 nitrogen and oxygen atoms in total. The molecule has 0 radical (unpaired) electrons. The monoisotopic (exact) mass is 551 g/mol. The highest BCUT2D eigenvalue weighted by Crippen LogP contribution is 2.39. The summed E-state index contributed by atoms with van der Waals surface area (Å²) in [4.78, 5) is 36.6. The molecule has 4 aromatic rings. The highest BCUT2D eigenvalue weighted by atomic mass is 32.2. The molecule has 0 bridgehead atoms. The number of amides is 2. The van der Waals surface area contributed by atoms with E-state index in [1.165, 1.54) is 42.5 Å². The van der Waals surface area contributed by atoms with Gasteiger partial charge in [-0.2, -0.15) is 13.2 Å². The first-order valence-corrected chi connectivity index (χ1v) is 12.3. The van der Waals surface area contributed by atoms with E-state index < -0.39 is 33.7 Å². The molecule has 1 atom stereocenters. The second-order valence-corrected chi connectivity index (χ2v) is 9.40. The Bertz CT molecular complexity index is 1480. The number of nitro groups is 1. The van der Waals surface area contributed by atoms with Gasteiger partial charge >= 0.3 is 6.18 Å². The molecule has 198 valence electrons. The minimum absolute atomic E-state index is 0.133. The van der Waals surface area contributed by atoms with Crippen LogP contribution in [0.3, 0.4) is 0 Å². The summed E-state index contributed by atoms with van der Waals surface area (Å²) >= 11 is 1.14. The summed E-state index contributed by atoms with van der Waals surface area (Å²) in [5.74, 6) is -1.09. The van der Waals surface area contributed by atoms with Crippen molar-refractivity contribution in [2.75, 3.05) is 10.6 Å². The highest BCUT2D eigenvalue weighted by Gasteiger charge is 2.34. The van der Waals surface area contributed by atoms with Crippen molar-refractivity contribution in [3.63, 3.8) is 0 Å². The fourth-order valence-electron chi connectivity index (χ4n) is 3.63. The summed E-state index contributed by atoms with van der Waals surface area (Å²) in [5.41, 5.74) is -0.127. The van der Waals surface area contributed by atoms with E-state index in [-0.39, 0.29) is 16.9 Å². The van der Waals surface area contributed by atoms with E-state index in [0.717, 1.165) is 17.8 Å². The summed E-state index contributed by atoms with van der Waals surface area (Å²) in [7, 11) is 0. The van der Waals surface area contributed by atoms with Crippen molar-refractivity contribution < 1.29 is 27.7 Å². The van der Waals surface area contributed by atoms with Gasteiger partial charge in [-0.05, 0) is 54.1 Å². The van der Waals surface area contributed by atoms with Crippen LogP contribution in [-0.2, 0) is 11.0 Å². The molecular weight excluding hydrogens is 531 g/mol. The third-order valence-electron chi connectivity index (χ3n) is 5.54. The zero-order valence-corrected chi connectivity index (χ0v) is 20.8. The minimum atomic E-state index is -4.63. The average molecular weight is 552 g/mol. The van der Waals surface area contributed by atoms with E-state index in [1.807, 2.05) is 0 Å². The third-order valence-corrected chi connectivity index (χ3v) is 6.80. The van der Waals surface area contributed by atoms with E-state index in [0.29, 0.717) is 16.1 Å². The molecule has 4 aromatic carbocycles. The van der Waals surface area contributed by atoms with Gasteiger partial charge in [-0.3, -0.25) is 19.7 Å². The van der Waals surface area contributed by atoms with E-state index >= 15 is 0 Å². The largest absolute Gasteiger partial charge is 0.418 e. The maximum Gasteiger partial charge on any atom is 0.418 e. The van der Waals surface area contributed by atoms with E-state index in [1.54, 1.807) is 54.6 Å². The lowest BCUT2D eigenvalue weighted by atomic mass is 10.1. The van der Waals surface area contributed by atoms with Crippen molar-refractivity contribution in [2.24, 2.45) is 0 Å². The number of para-hydroxylation sites is 1. The molecule has 39 heavy (non-hydrogen) atoms. The SMILES string of the molecule is O=C(Nc1ccc(SC(C(=O)Nc2ccccc2C(F)(F)F)c2ccccc2)cc1)c1ccc([N+](=O)[O-])cc1. The van der Waals surface area contributed by atoms with Gasteiger partial charge in [0.25, 0.3) is 11.6 Å². The fraction of sp³-hybridized carbons (Fsp3) is 0.0714. The van der Waals surface area contributed by atoms with Gasteiger partial charge < -0.3 is 10.6 Å². The van der Waals surface area contributed by atoms with Crippen LogP contribution in [0.2, 0.25) is 0 Å². The van der Waals surface area contributed by atoms with Gasteiger partial charge in [0.2, 0.25) is 5.91 Å². The van der Waals surface area contributed by atoms with Crippen molar-refractivity contribution in [1.29, 1.82) is 0 Å². The van der Waals surface area contributed by atoms with Gasteiger partial charge in [0.15, 0.2) is 0 Å². The van der Waals surface area contributed by atoms with Crippen molar-refractivity contribution in [2.45, 2.75) is 16.3 Å². The Morgan fingerprint density at radius 2 is 1.41 bits per heavy atom. The van der Waals surface area contributed by atoms with Crippen LogP contribution >= 0.6 is 11.8 Å². The summed E-state index contributed by atoms with van der Waals surface area (Å²) in [6.45, 7) is 0. The predicted molar refractivity (Wildman–Crippen MR) is 143 cm³/mol. The highest BCUT2D eigenvalue weighted by molar-refractivity contribution is 8.00. The Morgan fingerprint density at radius 3 is 2.03 bits per heavy atom. The van der Waals surface area contributed by atoms with Crippen LogP contribution < -0.4 is 10.6 Å². The van der Waals surface area contributed by atoms with Gasteiger partial charge in [-0.1, -0.05) is 42.5 Å². The van der Waals surface area contributed by atoms with Crippen LogP contribution in [0.15, 0.2) is 108 Å². The topological polar surface area (TPSA) is 101 Å². The van der Waals surface area contributed by atoms with Gasteiger partial charge in [-0.15, -0.1) is 11.8 Å². The number of carbonyl (C=O) groups is 2. The molecule has 11 heteroatoms. The molecule has 2 N–H and O–H groups in total. The molecule has 0 aliphatic carbocycles. The van der Waals surface area contributed by atoms with Crippen molar-refractivity contribution in [3.8, 4) is 0 Å². The van der Waals surface area contributed by atoms with Crippen LogP contribution in [0, 0.1) is 10.1 Å². The number of carbonyl (C=O) groups excluding carboxylic acids is 2. The average Bonchev–Trinajstić information content (AvgIpc) is 2.92. The van der Waals surface area contributed by atoms with Gasteiger partial charge in [0, 0.05) is 28.3 Å². The second-order valence-electron chi connectivity index (χ2n) is 8.22. The molecule has 0 saturated heterocycles. The molecule has 1 unspecified atom stereocenters. The number of nitrogens with zero attached hydrogens (tertiary/aromatic N) is 1. The van der Waals surface area contributed by atoms with Crippen LogP contribution in [0.1, 0.15) is 26.7 Å². The van der Waals surface area contributed by atoms with Crippen LogP contribution in [0.25, 0.3) is 0 Å². The second kappa shape index (κ2) is 11.8. The number of rotatable bonds is 8. The lowest BCUT2D eigenvalue weighted by Crippen LogP contribution is -2.21. The number of alkyl halides is 3. The first-order valence-electron chi connectivity index (χ1n) is 11.5. The number of hydrogen-bond donors (Lipinski definition) is 2. The van der Waals surface area contributed by atoms with E-state index in [2.05, 4.69) is 10.6 Å². The van der Waals surface area contributed by atoms with Gasteiger partial charge in [-0.25, -0.2) is 0 Å². The van der Waals surface area contributed by atoms with E-state index in [9.17, 15) is 32.9 Å². The Labute approximate surface area is 225 Å². The Hall–Kier alpha value is -4.64. The quantitative estimate of drug-likeness (QED) is 0.136. The lowest BCUT2D eigenvalue weighted by Gasteiger charge is -2.19. The molecule has 0 heterocycles. The standard InChI is InChI=1S/C28H20F3N3O4S/c29-28(30,31)23-8-4-5-9-24(23)33-27(36)25(18-6-2-1-3-7-18)39-22-16-12-20(13-17-22)32-26(35)19-10-14-21(15-11-19)34(37)38/h1-17,25H,(H,32,35)(H,33,36). The van der Waals surface area contributed by atoms with Crippen LogP contribution in [-0.4, -0.2) is 16.7 Å². The molecule has 0 spiro atoms. The minimum Gasteiger partial charge on any atom is -0.324 e. The van der Waals surface area contributed by atoms with Crippen molar-refractivity contribution >= 4 is 40.6 Å². The number of benzene rings is 4. The lowest BCUT2D eigenvalue weighted by molar-refractivity contribution is -0.384. The predicted octanol–water partition coefficient (Wildman–Crippen LogP) is 7.34. The van der Waals surface area contributed by atoms with Gasteiger partial charge in [0.05, 0.1) is 16.2 Å². The summed E-state index contributed by atoms with van der Waals surface area (Å²) < 4.78 is 40.3. The fourth-order valence-corrected chi connectivity index (χ4v) is 4.65. The van der Waals surface area contributed by atoms with E-state index in [4.69, 9.17) is 0 Å². The number of halogens is 3. The summed E-state index contributed by atoms with van der Waals surface area (Å²) in [6.07, 6.45) is -4.63. The molecule has 0 aromatic heterocycles. The molecule has 0 aliphatic rings. The first-order chi connectivity index (χ1) is 18.6. The zero-order chi connectivity index (χ0) is 28.0. The van der Waals surface area contributed by atoms with Crippen molar-refractivity contribution in [1.82, 2.24) is 0 Å². The zero-order valence-electron chi connectivity index (χ0n) is 20.0. The van der Waals surface area contributed by atoms with Crippen LogP contribution in [0.5, 0.6) is 0 Å². The maximum atomic E-state index is 13.4. The first kappa shape index (κ1) is 27.4. The summed E-state index contributed by atoms with van der Waals surface area (Å²) in [6, 6.07) is 25.2. The smallest absolute Gasteiger partial charge is 0.324 e. The summed E-state index contributed by atoms with van der Waals surface area (Å²) in [5, 5.41) is 15.0. The number of anilines is 2. The van der Waals surface area contributed by atoms with Crippen LogP contribution in [0.4, 0.5) is 30.2 Å². The maximum absolute atomic E-state index is 13.4. The number of nitro benzene ring substituents is 1. The number of hydrogen-bond acceptors (Lipinski definition) is 5. The Morgan fingerprint density at radius 1 is 0.795 bits per heavy atom. The molecule has 4 rings (SSSR count). The normalized spacial score (nSPS) is 11.9. The molecule has 0 aliphatic heterocycles.